The van der Waals surface area contributed by atoms with Gasteiger partial charge in [-0.25, -0.2) is 0 Å². The van der Waals surface area contributed by atoms with Crippen LogP contribution in [-0.2, 0) is 0 Å². The van der Waals surface area contributed by atoms with Crippen molar-refractivity contribution in [1.82, 2.24) is 0 Å². The van der Waals surface area contributed by atoms with Gasteiger partial charge in [0, 0.05) is 5.75 Å². The van der Waals surface area contributed by atoms with Crippen molar-refractivity contribution in [2.75, 3.05) is 12.0 Å². The Balaban J connectivity index is 1.93. The summed E-state index contributed by atoms with van der Waals surface area (Å²) in [6.07, 6.45) is 3.09. The number of hydrogen-bond acceptors (Lipinski definition) is 2. The monoisotopic (exact) mass is 208 g/mol. The van der Waals surface area contributed by atoms with E-state index in [1.165, 1.54) is 5.56 Å². The summed E-state index contributed by atoms with van der Waals surface area (Å²) in [6.45, 7) is 0. The molecule has 1 nitrogen and oxygen atoms in total. The molecule has 14 heavy (non-hydrogen) atoms. The molecule has 0 bridgehead atoms. The van der Waals surface area contributed by atoms with Crippen LogP contribution in [0.2, 0.25) is 0 Å². The van der Waals surface area contributed by atoms with Crippen LogP contribution in [0.3, 0.4) is 0 Å². The molecule has 2 rings (SSSR count). The molecule has 1 saturated carbocycles. The maximum atomic E-state index is 9.80. The van der Waals surface area contributed by atoms with Gasteiger partial charge in [-0.2, -0.15) is 11.8 Å². The quantitative estimate of drug-likeness (QED) is 0.820. The molecule has 0 aliphatic heterocycles. The van der Waals surface area contributed by atoms with Gasteiger partial charge < -0.3 is 5.11 Å². The van der Waals surface area contributed by atoms with Gasteiger partial charge in [-0.1, -0.05) is 30.3 Å². The highest BCUT2D eigenvalue weighted by atomic mass is 32.2. The molecule has 1 aliphatic rings. The van der Waals surface area contributed by atoms with Crippen molar-refractivity contribution in [3.8, 4) is 0 Å². The lowest BCUT2D eigenvalue weighted by molar-refractivity contribution is 0.173. The molecule has 76 valence electrons. The van der Waals surface area contributed by atoms with Crippen LogP contribution in [0.1, 0.15) is 17.9 Å². The molecule has 1 aliphatic carbocycles. The number of rotatable bonds is 4. The van der Waals surface area contributed by atoms with E-state index in [4.69, 9.17) is 0 Å². The second-order valence-electron chi connectivity index (χ2n) is 3.94. The molecule has 3 atom stereocenters. The lowest BCUT2D eigenvalue weighted by Crippen LogP contribution is -2.13. The Morgan fingerprint density at radius 2 is 2.14 bits per heavy atom. The summed E-state index contributed by atoms with van der Waals surface area (Å²) in [5, 5.41) is 9.80. The minimum atomic E-state index is -0.116. The second-order valence-corrected chi connectivity index (χ2v) is 4.85. The minimum absolute atomic E-state index is 0.116. The van der Waals surface area contributed by atoms with E-state index in [2.05, 4.69) is 24.3 Å². The van der Waals surface area contributed by atoms with Crippen LogP contribution < -0.4 is 0 Å². The molecular weight excluding hydrogens is 192 g/mol. The van der Waals surface area contributed by atoms with E-state index in [1.807, 2.05) is 12.3 Å². The van der Waals surface area contributed by atoms with E-state index < -0.39 is 0 Å². The first kappa shape index (κ1) is 10.1. The fourth-order valence-corrected chi connectivity index (χ4v) is 2.61. The molecule has 1 N–H and O–H groups in total. The first-order chi connectivity index (χ1) is 6.83. The summed E-state index contributed by atoms with van der Waals surface area (Å²) < 4.78 is 0. The van der Waals surface area contributed by atoms with Gasteiger partial charge in [0.15, 0.2) is 0 Å². The Morgan fingerprint density at radius 3 is 2.79 bits per heavy atom. The molecule has 2 heteroatoms. The molecule has 1 fully saturated rings. The molecule has 0 saturated heterocycles. The predicted molar refractivity (Wildman–Crippen MR) is 61.7 cm³/mol. The largest absolute Gasteiger partial charge is 0.392 e. The zero-order chi connectivity index (χ0) is 9.97. The van der Waals surface area contributed by atoms with Gasteiger partial charge in [0.25, 0.3) is 0 Å². The molecule has 0 spiro atoms. The van der Waals surface area contributed by atoms with Crippen LogP contribution in [0.5, 0.6) is 0 Å². The van der Waals surface area contributed by atoms with E-state index in [0.29, 0.717) is 11.8 Å². The van der Waals surface area contributed by atoms with Crippen molar-refractivity contribution >= 4 is 11.8 Å². The summed E-state index contributed by atoms with van der Waals surface area (Å²) in [5.74, 6) is 1.98. The average Bonchev–Trinajstić information content (AvgIpc) is 2.99. The molecule has 1 aromatic carbocycles. The lowest BCUT2D eigenvalue weighted by Gasteiger charge is -2.07. The van der Waals surface area contributed by atoms with Crippen molar-refractivity contribution in [1.29, 1.82) is 0 Å². The summed E-state index contributed by atoms with van der Waals surface area (Å²) in [6, 6.07) is 10.5. The Kier molecular flexibility index (Phi) is 3.14. The number of aliphatic hydroxyl groups is 1. The van der Waals surface area contributed by atoms with Gasteiger partial charge in [-0.3, -0.25) is 0 Å². The minimum Gasteiger partial charge on any atom is -0.392 e. The highest BCUT2D eigenvalue weighted by Crippen LogP contribution is 2.49. The number of hydrogen-bond donors (Lipinski definition) is 1. The number of benzene rings is 1. The molecule has 0 amide bonds. The Bertz CT molecular complexity index is 286. The normalized spacial score (nSPS) is 27.3. The van der Waals surface area contributed by atoms with Gasteiger partial charge in [0.1, 0.15) is 0 Å². The standard InChI is InChI=1S/C12H16OS/c1-14-8-12(13)11-7-10(11)9-5-3-2-4-6-9/h2-6,10-13H,7-8H2,1H3. The first-order valence-electron chi connectivity index (χ1n) is 5.05. The lowest BCUT2D eigenvalue weighted by atomic mass is 10.1. The first-order valence-corrected chi connectivity index (χ1v) is 6.44. The van der Waals surface area contributed by atoms with E-state index in [-0.39, 0.29) is 6.10 Å². The van der Waals surface area contributed by atoms with Crippen molar-refractivity contribution in [3.63, 3.8) is 0 Å². The van der Waals surface area contributed by atoms with Crippen molar-refractivity contribution in [2.45, 2.75) is 18.4 Å². The second kappa shape index (κ2) is 4.37. The van der Waals surface area contributed by atoms with Gasteiger partial charge in [0.05, 0.1) is 6.10 Å². The third kappa shape index (κ3) is 2.12. The fraction of sp³-hybridized carbons (Fsp3) is 0.500. The number of thioether (sulfide) groups is 1. The zero-order valence-electron chi connectivity index (χ0n) is 8.39. The van der Waals surface area contributed by atoms with Gasteiger partial charge in [-0.05, 0) is 30.1 Å². The SMILES string of the molecule is CSCC(O)C1CC1c1ccccc1. The Labute approximate surface area is 89.5 Å². The summed E-state index contributed by atoms with van der Waals surface area (Å²) in [7, 11) is 0. The molecule has 0 heterocycles. The Hall–Kier alpha value is -0.470. The van der Waals surface area contributed by atoms with Crippen molar-refractivity contribution in [2.24, 2.45) is 5.92 Å². The van der Waals surface area contributed by atoms with Crippen LogP contribution >= 0.6 is 11.8 Å². The molecule has 3 unspecified atom stereocenters. The molecule has 0 radical (unpaired) electrons. The van der Waals surface area contributed by atoms with Gasteiger partial charge in [-0.15, -0.1) is 0 Å². The highest BCUT2D eigenvalue weighted by molar-refractivity contribution is 7.98. The van der Waals surface area contributed by atoms with E-state index >= 15 is 0 Å². The van der Waals surface area contributed by atoms with Gasteiger partial charge in [0.2, 0.25) is 0 Å². The van der Waals surface area contributed by atoms with Crippen molar-refractivity contribution < 1.29 is 5.11 Å². The molecule has 0 aromatic heterocycles. The third-order valence-corrected chi connectivity index (χ3v) is 3.57. The van der Waals surface area contributed by atoms with Gasteiger partial charge >= 0.3 is 0 Å². The van der Waals surface area contributed by atoms with Crippen LogP contribution in [0.15, 0.2) is 30.3 Å². The topological polar surface area (TPSA) is 20.2 Å². The molecular formula is C12H16OS. The van der Waals surface area contributed by atoms with Crippen molar-refractivity contribution in [3.05, 3.63) is 35.9 Å². The summed E-state index contributed by atoms with van der Waals surface area (Å²) in [5.41, 5.74) is 1.39. The predicted octanol–water partition coefficient (Wildman–Crippen LogP) is 2.51. The highest BCUT2D eigenvalue weighted by Gasteiger charge is 2.42. The maximum absolute atomic E-state index is 9.80. The van der Waals surface area contributed by atoms with E-state index in [1.54, 1.807) is 11.8 Å². The van der Waals surface area contributed by atoms with E-state index in [9.17, 15) is 5.11 Å². The smallest absolute Gasteiger partial charge is 0.0664 e. The summed E-state index contributed by atoms with van der Waals surface area (Å²) >= 11 is 1.73. The zero-order valence-corrected chi connectivity index (χ0v) is 9.20. The third-order valence-electron chi connectivity index (χ3n) is 2.90. The molecule has 1 aromatic rings. The van der Waals surface area contributed by atoms with E-state index in [0.717, 1.165) is 12.2 Å². The van der Waals surface area contributed by atoms with Crippen LogP contribution in [-0.4, -0.2) is 23.2 Å². The average molecular weight is 208 g/mol. The van der Waals surface area contributed by atoms with Crippen LogP contribution in [0.25, 0.3) is 0 Å². The van der Waals surface area contributed by atoms with Crippen LogP contribution in [0.4, 0.5) is 0 Å². The van der Waals surface area contributed by atoms with Crippen LogP contribution in [0, 0.1) is 5.92 Å². The number of aliphatic hydroxyl groups excluding tert-OH is 1. The Morgan fingerprint density at radius 1 is 1.43 bits per heavy atom. The summed E-state index contributed by atoms with van der Waals surface area (Å²) in [4.78, 5) is 0. The maximum Gasteiger partial charge on any atom is 0.0664 e. The fourth-order valence-electron chi connectivity index (χ4n) is 2.02.